The van der Waals surface area contributed by atoms with E-state index >= 15 is 0 Å². The van der Waals surface area contributed by atoms with Crippen LogP contribution < -0.4 is 10.6 Å². The normalized spacial score (nSPS) is 16.8. The second-order valence-electron chi connectivity index (χ2n) is 10.2. The molecule has 9 heteroatoms. The molecule has 1 atom stereocenters. The zero-order chi connectivity index (χ0) is 27.5. The van der Waals surface area contributed by atoms with Crippen molar-refractivity contribution < 1.29 is 9.53 Å². The maximum absolute atomic E-state index is 11.9. The minimum atomic E-state index is -0.488. The lowest BCUT2D eigenvalue weighted by molar-refractivity contribution is -0.109. The fraction of sp³-hybridized carbons (Fsp3) is 0.290. The van der Waals surface area contributed by atoms with Crippen LogP contribution in [0.2, 0.25) is 0 Å². The first-order valence-corrected chi connectivity index (χ1v) is 13.6. The fourth-order valence-corrected chi connectivity index (χ4v) is 5.28. The van der Waals surface area contributed by atoms with Crippen molar-refractivity contribution in [2.24, 2.45) is 0 Å². The van der Waals surface area contributed by atoms with Crippen LogP contribution >= 0.6 is 0 Å². The van der Waals surface area contributed by atoms with Crippen molar-refractivity contribution in [3.63, 3.8) is 0 Å². The molecule has 40 heavy (non-hydrogen) atoms. The molecule has 3 aromatic heterocycles. The van der Waals surface area contributed by atoms with Crippen LogP contribution in [0.15, 0.2) is 61.1 Å². The van der Waals surface area contributed by atoms with Gasteiger partial charge in [0.1, 0.15) is 18.1 Å². The Bertz CT molecular complexity index is 1560. The number of carbonyl (C=O) groups is 1. The number of aryl methyl sites for hydroxylation is 2. The lowest BCUT2D eigenvalue weighted by atomic mass is 9.97. The fourth-order valence-electron chi connectivity index (χ4n) is 5.28. The minimum Gasteiger partial charge on any atom is -0.379 e. The Balaban J connectivity index is 1.26. The van der Waals surface area contributed by atoms with E-state index in [1.807, 2.05) is 54.2 Å². The lowest BCUT2D eigenvalue weighted by Crippen LogP contribution is -2.38. The van der Waals surface area contributed by atoms with Gasteiger partial charge in [-0.3, -0.25) is 14.6 Å². The third-order valence-electron chi connectivity index (χ3n) is 7.41. The van der Waals surface area contributed by atoms with Gasteiger partial charge in [-0.25, -0.2) is 4.98 Å². The zero-order valence-electron chi connectivity index (χ0n) is 22.8. The Hall–Kier alpha value is -4.34. The summed E-state index contributed by atoms with van der Waals surface area (Å²) in [6.45, 7) is 9.44. The molecular formula is C31H33N7O2. The van der Waals surface area contributed by atoms with Crippen molar-refractivity contribution >= 4 is 23.9 Å². The number of ether oxygens (including phenoxy) is 1. The number of hydrogen-bond acceptors (Lipinski definition) is 8. The van der Waals surface area contributed by atoms with Crippen molar-refractivity contribution in [2.75, 3.05) is 38.2 Å². The molecule has 5 heterocycles. The highest BCUT2D eigenvalue weighted by Gasteiger charge is 2.23. The smallest absolute Gasteiger partial charge is 0.146 e. The molecule has 1 unspecified atom stereocenters. The average Bonchev–Trinajstić information content (AvgIpc) is 3.45. The Morgan fingerprint density at radius 3 is 2.75 bits per heavy atom. The molecule has 0 amide bonds. The highest BCUT2D eigenvalue weighted by Crippen LogP contribution is 2.34. The number of fused-ring (bicyclic) bond motifs is 1. The number of pyridine rings is 2. The van der Waals surface area contributed by atoms with Gasteiger partial charge < -0.3 is 20.2 Å². The number of nitrogens with zero attached hydrogens (tertiary/aromatic N) is 5. The van der Waals surface area contributed by atoms with E-state index in [0.717, 1.165) is 96.3 Å². The number of anilines is 2. The van der Waals surface area contributed by atoms with Gasteiger partial charge in [0.25, 0.3) is 0 Å². The molecule has 2 N–H and O–H groups in total. The summed E-state index contributed by atoms with van der Waals surface area (Å²) in [5.41, 5.74) is 8.44. The van der Waals surface area contributed by atoms with Gasteiger partial charge in [0.05, 0.1) is 37.3 Å². The van der Waals surface area contributed by atoms with Gasteiger partial charge in [-0.05, 0) is 73.1 Å². The molecular weight excluding hydrogens is 502 g/mol. The van der Waals surface area contributed by atoms with E-state index in [1.54, 1.807) is 6.20 Å². The van der Waals surface area contributed by atoms with E-state index in [0.29, 0.717) is 5.82 Å². The zero-order valence-corrected chi connectivity index (χ0v) is 22.8. The van der Waals surface area contributed by atoms with Crippen LogP contribution in [-0.4, -0.2) is 63.8 Å². The molecule has 9 nitrogen and oxygen atoms in total. The first kappa shape index (κ1) is 25.9. The van der Waals surface area contributed by atoms with E-state index < -0.39 is 6.04 Å². The Labute approximate surface area is 233 Å². The first-order valence-electron chi connectivity index (χ1n) is 13.6. The highest BCUT2D eigenvalue weighted by molar-refractivity contribution is 5.80. The van der Waals surface area contributed by atoms with Gasteiger partial charge in [-0.15, -0.1) is 0 Å². The number of aldehydes is 1. The summed E-state index contributed by atoms with van der Waals surface area (Å²) in [6.07, 6.45) is 8.71. The Morgan fingerprint density at radius 2 is 1.95 bits per heavy atom. The summed E-state index contributed by atoms with van der Waals surface area (Å²) >= 11 is 0. The predicted molar refractivity (Wildman–Crippen MR) is 156 cm³/mol. The third-order valence-corrected chi connectivity index (χ3v) is 7.41. The summed E-state index contributed by atoms with van der Waals surface area (Å²) in [7, 11) is 0. The number of benzene rings is 1. The topological polar surface area (TPSA) is 97.2 Å². The summed E-state index contributed by atoms with van der Waals surface area (Å²) in [4.78, 5) is 23.9. The van der Waals surface area contributed by atoms with Crippen molar-refractivity contribution in [1.82, 2.24) is 30.0 Å². The molecule has 0 radical (unpaired) electrons. The van der Waals surface area contributed by atoms with Crippen LogP contribution in [0.4, 0.5) is 11.5 Å². The van der Waals surface area contributed by atoms with E-state index in [2.05, 4.69) is 50.9 Å². The van der Waals surface area contributed by atoms with Gasteiger partial charge in [0, 0.05) is 48.3 Å². The third kappa shape index (κ3) is 5.52. The maximum Gasteiger partial charge on any atom is 0.146 e. The number of carbonyl (C=O) groups excluding carboxylic acids is 1. The second kappa shape index (κ2) is 11.4. The van der Waals surface area contributed by atoms with E-state index in [9.17, 15) is 4.79 Å². The summed E-state index contributed by atoms with van der Waals surface area (Å²) in [5.74, 6) is 0.632. The maximum atomic E-state index is 11.9. The molecule has 1 saturated heterocycles. The van der Waals surface area contributed by atoms with Gasteiger partial charge in [0.15, 0.2) is 0 Å². The van der Waals surface area contributed by atoms with Gasteiger partial charge in [-0.2, -0.15) is 5.10 Å². The number of morpholine rings is 1. The molecule has 204 valence electrons. The molecule has 0 spiro atoms. The molecule has 1 fully saturated rings. The summed E-state index contributed by atoms with van der Waals surface area (Å²) < 4.78 is 7.46. The van der Waals surface area contributed by atoms with E-state index in [4.69, 9.17) is 9.72 Å². The minimum absolute atomic E-state index is 0.488. The first-order chi connectivity index (χ1) is 19.6. The van der Waals surface area contributed by atoms with Crippen LogP contribution in [0, 0.1) is 13.8 Å². The molecule has 2 aliphatic rings. The molecule has 6 rings (SSSR count). The molecule has 0 aliphatic carbocycles. The predicted octanol–water partition coefficient (Wildman–Crippen LogP) is 4.51. The molecule has 0 bridgehead atoms. The summed E-state index contributed by atoms with van der Waals surface area (Å²) in [5, 5.41) is 11.2. The van der Waals surface area contributed by atoms with Crippen molar-refractivity contribution in [1.29, 1.82) is 0 Å². The quantitative estimate of drug-likeness (QED) is 0.318. The Morgan fingerprint density at radius 1 is 1.07 bits per heavy atom. The summed E-state index contributed by atoms with van der Waals surface area (Å²) in [6, 6.07) is 13.6. The standard InChI is InChI=1S/C31H33N7O2/c1-21-16-25(6-7-26(21)24-18-33-38(19-24)11-10-37-12-14-40-15-13-37)35-31-30-23(8-9-32-29(30)20-39)17-28(36-31)27-5-3-4-22(2)34-27/h3-9,16-20,29,32H,10-15H2,1-2H3,(H,35,36). The monoisotopic (exact) mass is 535 g/mol. The molecule has 2 aliphatic heterocycles. The number of rotatable bonds is 8. The van der Waals surface area contributed by atoms with E-state index in [-0.39, 0.29) is 0 Å². The SMILES string of the molecule is Cc1cccc(-c2cc3c(c(Nc4ccc(-c5cnn(CCN6CCOCC6)c5)c(C)c4)n2)C(C=O)NC=C3)n1. The number of hydrogen-bond donors (Lipinski definition) is 2. The average molecular weight is 536 g/mol. The van der Waals surface area contributed by atoms with Crippen molar-refractivity contribution in [3.8, 4) is 22.5 Å². The van der Waals surface area contributed by atoms with Crippen LogP contribution in [0.25, 0.3) is 28.6 Å². The van der Waals surface area contributed by atoms with Crippen LogP contribution in [0.1, 0.15) is 28.4 Å². The lowest BCUT2D eigenvalue weighted by Gasteiger charge is -2.26. The van der Waals surface area contributed by atoms with Gasteiger partial charge >= 0.3 is 0 Å². The van der Waals surface area contributed by atoms with Crippen LogP contribution in [0.5, 0.6) is 0 Å². The second-order valence-corrected chi connectivity index (χ2v) is 10.2. The highest BCUT2D eigenvalue weighted by atomic mass is 16.5. The molecule has 4 aromatic rings. The van der Waals surface area contributed by atoms with Gasteiger partial charge in [0.2, 0.25) is 0 Å². The Kier molecular flexibility index (Phi) is 7.39. The largest absolute Gasteiger partial charge is 0.379 e. The van der Waals surface area contributed by atoms with E-state index in [1.165, 1.54) is 0 Å². The van der Waals surface area contributed by atoms with Gasteiger partial charge in [-0.1, -0.05) is 12.1 Å². The van der Waals surface area contributed by atoms with Crippen molar-refractivity contribution in [3.05, 3.63) is 83.4 Å². The van der Waals surface area contributed by atoms with Crippen molar-refractivity contribution in [2.45, 2.75) is 26.4 Å². The molecule has 1 aromatic carbocycles. The van der Waals surface area contributed by atoms with Crippen LogP contribution in [-0.2, 0) is 16.1 Å². The number of nitrogens with one attached hydrogen (secondary N) is 2. The number of aromatic nitrogens is 4. The van der Waals surface area contributed by atoms with Crippen LogP contribution in [0.3, 0.4) is 0 Å². The molecule has 0 saturated carbocycles.